The highest BCUT2D eigenvalue weighted by Gasteiger charge is 2.09. The van der Waals surface area contributed by atoms with Crippen molar-refractivity contribution in [1.82, 2.24) is 10.2 Å². The molecule has 4 nitrogen and oxygen atoms in total. The zero-order chi connectivity index (χ0) is 12.1. The number of hydrogen-bond acceptors (Lipinski definition) is 4. The molecule has 0 aliphatic heterocycles. The second-order valence-electron chi connectivity index (χ2n) is 3.91. The Balaban J connectivity index is 2.38. The minimum Gasteiger partial charge on any atom is -0.396 e. The summed E-state index contributed by atoms with van der Waals surface area (Å²) >= 11 is 0. The Morgan fingerprint density at radius 1 is 1.29 bits per heavy atom. The fourth-order valence-corrected chi connectivity index (χ4v) is 1.92. The second-order valence-corrected chi connectivity index (χ2v) is 3.91. The van der Waals surface area contributed by atoms with Crippen LogP contribution in [0.1, 0.15) is 13.3 Å². The summed E-state index contributed by atoms with van der Waals surface area (Å²) in [5, 5.41) is 19.4. The highest BCUT2D eigenvalue weighted by Crippen LogP contribution is 2.22. The van der Waals surface area contributed by atoms with Crippen LogP contribution in [0.4, 0.5) is 5.82 Å². The molecule has 4 heteroatoms. The van der Waals surface area contributed by atoms with Gasteiger partial charge in [0.15, 0.2) is 5.82 Å². The molecule has 0 amide bonds. The predicted molar refractivity (Wildman–Crippen MR) is 69.1 cm³/mol. The number of aliphatic hydroxyl groups excluding tert-OH is 1. The van der Waals surface area contributed by atoms with Gasteiger partial charge in [-0.3, -0.25) is 0 Å². The van der Waals surface area contributed by atoms with Gasteiger partial charge in [-0.05, 0) is 13.3 Å². The number of nitrogens with zero attached hydrogens (tertiary/aromatic N) is 3. The Labute approximate surface area is 101 Å². The average Bonchev–Trinajstić information content (AvgIpc) is 2.40. The highest BCUT2D eigenvalue weighted by atomic mass is 16.3. The fourth-order valence-electron chi connectivity index (χ4n) is 1.92. The SMILES string of the molecule is CCN(CCCO)c1nncc2ccccc12. The molecule has 0 aliphatic carbocycles. The number of benzene rings is 1. The first-order chi connectivity index (χ1) is 8.36. The van der Waals surface area contributed by atoms with Crippen molar-refractivity contribution in [3.8, 4) is 0 Å². The third-order valence-electron chi connectivity index (χ3n) is 2.82. The molecular formula is C13H17N3O. The van der Waals surface area contributed by atoms with Crippen LogP contribution in [0.3, 0.4) is 0 Å². The summed E-state index contributed by atoms with van der Waals surface area (Å²) in [6.07, 6.45) is 2.53. The molecular weight excluding hydrogens is 214 g/mol. The number of hydrogen-bond donors (Lipinski definition) is 1. The lowest BCUT2D eigenvalue weighted by Crippen LogP contribution is -2.26. The van der Waals surface area contributed by atoms with Gasteiger partial charge in [-0.25, -0.2) is 0 Å². The first-order valence-corrected chi connectivity index (χ1v) is 5.93. The molecule has 2 aromatic rings. The van der Waals surface area contributed by atoms with Crippen molar-refractivity contribution in [1.29, 1.82) is 0 Å². The van der Waals surface area contributed by atoms with E-state index in [0.717, 1.165) is 36.1 Å². The van der Waals surface area contributed by atoms with Gasteiger partial charge in [-0.15, -0.1) is 5.10 Å². The molecule has 0 saturated carbocycles. The topological polar surface area (TPSA) is 49.2 Å². The maximum Gasteiger partial charge on any atom is 0.159 e. The minimum absolute atomic E-state index is 0.203. The summed E-state index contributed by atoms with van der Waals surface area (Å²) < 4.78 is 0. The lowest BCUT2D eigenvalue weighted by molar-refractivity contribution is 0.289. The van der Waals surface area contributed by atoms with Crippen LogP contribution >= 0.6 is 0 Å². The predicted octanol–water partition coefficient (Wildman–Crippen LogP) is 1.84. The van der Waals surface area contributed by atoms with Crippen molar-refractivity contribution < 1.29 is 5.11 Å². The monoisotopic (exact) mass is 231 g/mol. The van der Waals surface area contributed by atoms with Crippen LogP contribution in [-0.4, -0.2) is 35.0 Å². The van der Waals surface area contributed by atoms with Crippen LogP contribution in [0.5, 0.6) is 0 Å². The smallest absolute Gasteiger partial charge is 0.159 e. The summed E-state index contributed by atoms with van der Waals surface area (Å²) in [6, 6.07) is 8.10. The molecule has 0 fully saturated rings. The molecule has 0 unspecified atom stereocenters. The first-order valence-electron chi connectivity index (χ1n) is 5.93. The molecule has 0 radical (unpaired) electrons. The van der Waals surface area contributed by atoms with Crippen LogP contribution in [0.2, 0.25) is 0 Å². The van der Waals surface area contributed by atoms with E-state index < -0.39 is 0 Å². The van der Waals surface area contributed by atoms with Crippen molar-refractivity contribution in [3.05, 3.63) is 30.5 Å². The number of rotatable bonds is 5. The van der Waals surface area contributed by atoms with Gasteiger partial charge < -0.3 is 10.0 Å². The van der Waals surface area contributed by atoms with E-state index in [-0.39, 0.29) is 6.61 Å². The van der Waals surface area contributed by atoms with Crippen molar-refractivity contribution >= 4 is 16.6 Å². The summed E-state index contributed by atoms with van der Waals surface area (Å²) in [5.41, 5.74) is 0. The summed E-state index contributed by atoms with van der Waals surface area (Å²) in [5.74, 6) is 0.902. The van der Waals surface area contributed by atoms with Crippen molar-refractivity contribution in [3.63, 3.8) is 0 Å². The Morgan fingerprint density at radius 2 is 2.12 bits per heavy atom. The van der Waals surface area contributed by atoms with Crippen LogP contribution < -0.4 is 4.90 Å². The Hall–Kier alpha value is -1.68. The quantitative estimate of drug-likeness (QED) is 0.853. The Kier molecular flexibility index (Phi) is 3.88. The average molecular weight is 231 g/mol. The maximum absolute atomic E-state index is 8.91. The molecule has 1 aromatic heterocycles. The summed E-state index contributed by atoms with van der Waals surface area (Å²) in [7, 11) is 0. The van der Waals surface area contributed by atoms with Crippen LogP contribution in [-0.2, 0) is 0 Å². The van der Waals surface area contributed by atoms with Gasteiger partial charge >= 0.3 is 0 Å². The number of aliphatic hydroxyl groups is 1. The van der Waals surface area contributed by atoms with E-state index in [0.29, 0.717) is 0 Å². The fraction of sp³-hybridized carbons (Fsp3) is 0.385. The van der Waals surface area contributed by atoms with E-state index in [1.165, 1.54) is 0 Å². The molecule has 0 saturated heterocycles. The van der Waals surface area contributed by atoms with Crippen LogP contribution in [0.15, 0.2) is 30.5 Å². The van der Waals surface area contributed by atoms with Crippen molar-refractivity contribution in [2.24, 2.45) is 0 Å². The van der Waals surface area contributed by atoms with Gasteiger partial charge in [0, 0.05) is 30.5 Å². The number of aromatic nitrogens is 2. The standard InChI is InChI=1S/C13H17N3O/c1-2-16(8-5-9-17)13-12-7-4-3-6-11(12)10-14-15-13/h3-4,6-7,10,17H,2,5,8-9H2,1H3. The van der Waals surface area contributed by atoms with Gasteiger partial charge in [0.05, 0.1) is 6.20 Å². The zero-order valence-electron chi connectivity index (χ0n) is 10.0. The van der Waals surface area contributed by atoms with E-state index in [9.17, 15) is 0 Å². The number of anilines is 1. The van der Waals surface area contributed by atoms with E-state index in [4.69, 9.17) is 5.11 Å². The molecule has 1 heterocycles. The summed E-state index contributed by atoms with van der Waals surface area (Å²) in [4.78, 5) is 2.14. The van der Waals surface area contributed by atoms with Gasteiger partial charge in [-0.1, -0.05) is 24.3 Å². The lowest BCUT2D eigenvalue weighted by Gasteiger charge is -2.22. The molecule has 0 spiro atoms. The molecule has 1 N–H and O–H groups in total. The van der Waals surface area contributed by atoms with Gasteiger partial charge in [0.25, 0.3) is 0 Å². The van der Waals surface area contributed by atoms with Gasteiger partial charge in [-0.2, -0.15) is 5.10 Å². The second kappa shape index (κ2) is 5.59. The van der Waals surface area contributed by atoms with E-state index >= 15 is 0 Å². The first kappa shape index (κ1) is 11.8. The summed E-state index contributed by atoms with van der Waals surface area (Å²) in [6.45, 7) is 3.95. The molecule has 17 heavy (non-hydrogen) atoms. The number of fused-ring (bicyclic) bond motifs is 1. The Bertz CT molecular complexity index is 482. The molecule has 1 aromatic carbocycles. The van der Waals surface area contributed by atoms with E-state index in [2.05, 4.69) is 28.1 Å². The highest BCUT2D eigenvalue weighted by molar-refractivity contribution is 5.91. The minimum atomic E-state index is 0.203. The van der Waals surface area contributed by atoms with Gasteiger partial charge in [0.2, 0.25) is 0 Å². The van der Waals surface area contributed by atoms with E-state index in [1.54, 1.807) is 6.20 Å². The molecule has 2 rings (SSSR count). The largest absolute Gasteiger partial charge is 0.396 e. The third-order valence-corrected chi connectivity index (χ3v) is 2.82. The van der Waals surface area contributed by atoms with Crippen molar-refractivity contribution in [2.45, 2.75) is 13.3 Å². The molecule has 0 atom stereocenters. The van der Waals surface area contributed by atoms with Crippen LogP contribution in [0, 0.1) is 0 Å². The molecule has 0 aliphatic rings. The van der Waals surface area contributed by atoms with Crippen LogP contribution in [0.25, 0.3) is 10.8 Å². The Morgan fingerprint density at radius 3 is 2.88 bits per heavy atom. The third kappa shape index (κ3) is 2.53. The normalized spacial score (nSPS) is 10.7. The van der Waals surface area contributed by atoms with Gasteiger partial charge in [0.1, 0.15) is 0 Å². The molecule has 90 valence electrons. The molecule has 0 bridgehead atoms. The van der Waals surface area contributed by atoms with E-state index in [1.807, 2.05) is 18.2 Å². The lowest BCUT2D eigenvalue weighted by atomic mass is 10.2. The van der Waals surface area contributed by atoms with Crippen molar-refractivity contribution in [2.75, 3.05) is 24.6 Å². The maximum atomic E-state index is 8.91. The zero-order valence-corrected chi connectivity index (χ0v) is 10.0.